The van der Waals surface area contributed by atoms with Crippen molar-refractivity contribution in [1.29, 1.82) is 0 Å². The Morgan fingerprint density at radius 1 is 1.08 bits per heavy atom. The molecule has 37 heavy (non-hydrogen) atoms. The zero-order chi connectivity index (χ0) is 27.9. The monoisotopic (exact) mass is 547 g/mol. The van der Waals surface area contributed by atoms with E-state index in [1.807, 2.05) is 13.8 Å². The van der Waals surface area contributed by atoms with Crippen molar-refractivity contribution in [3.8, 4) is 0 Å². The molecule has 2 aliphatic rings. The lowest BCUT2D eigenvalue weighted by Crippen LogP contribution is -2.54. The largest absolute Gasteiger partial charge is 0.444 e. The van der Waals surface area contributed by atoms with Crippen molar-refractivity contribution < 1.29 is 35.9 Å². The van der Waals surface area contributed by atoms with Crippen LogP contribution in [0.1, 0.15) is 53.0 Å². The molecule has 3 rings (SSSR count). The molecule has 1 N–H and O–H groups in total. The summed E-state index contributed by atoms with van der Waals surface area (Å²) in [6.45, 7) is 9.29. The number of hydrogen-bond acceptors (Lipinski definition) is 5. The first-order chi connectivity index (χ1) is 16.9. The van der Waals surface area contributed by atoms with Crippen molar-refractivity contribution in [1.82, 2.24) is 14.5 Å². The summed E-state index contributed by atoms with van der Waals surface area (Å²) in [6, 6.07) is 2.43. The van der Waals surface area contributed by atoms with Crippen molar-refractivity contribution in [3.63, 3.8) is 0 Å². The van der Waals surface area contributed by atoms with Crippen LogP contribution in [0.15, 0.2) is 29.2 Å². The molecule has 208 valence electrons. The van der Waals surface area contributed by atoms with Crippen LogP contribution in [0, 0.1) is 17.8 Å². The average Bonchev–Trinajstić information content (AvgIpc) is 3.34. The number of fused-ring (bicyclic) bond motifs is 1. The van der Waals surface area contributed by atoms with Gasteiger partial charge in [-0.25, -0.2) is 13.2 Å². The molecular formula is C25H36F3N3O5S. The normalized spacial score (nSPS) is 23.6. The molecule has 2 fully saturated rings. The van der Waals surface area contributed by atoms with Gasteiger partial charge in [-0.15, -0.1) is 0 Å². The third-order valence-corrected chi connectivity index (χ3v) is 8.82. The van der Waals surface area contributed by atoms with E-state index in [1.54, 1.807) is 20.8 Å². The molecule has 4 atom stereocenters. The van der Waals surface area contributed by atoms with Gasteiger partial charge in [0.2, 0.25) is 15.9 Å². The molecule has 1 aliphatic heterocycles. The Morgan fingerprint density at radius 2 is 1.68 bits per heavy atom. The van der Waals surface area contributed by atoms with Crippen LogP contribution in [0.2, 0.25) is 0 Å². The highest BCUT2D eigenvalue weighted by atomic mass is 32.2. The topological polar surface area (TPSA) is 96.0 Å². The highest BCUT2D eigenvalue weighted by Gasteiger charge is 2.47. The molecule has 1 unspecified atom stereocenters. The highest BCUT2D eigenvalue weighted by molar-refractivity contribution is 7.89. The minimum atomic E-state index is -4.55. The van der Waals surface area contributed by atoms with Crippen molar-refractivity contribution >= 4 is 22.0 Å². The summed E-state index contributed by atoms with van der Waals surface area (Å²) in [6.07, 6.45) is -3.77. The summed E-state index contributed by atoms with van der Waals surface area (Å²) in [5.74, 6) is -0.642. The molecule has 0 bridgehead atoms. The van der Waals surface area contributed by atoms with Gasteiger partial charge in [0, 0.05) is 26.2 Å². The molecule has 0 radical (unpaired) electrons. The number of carbonyl (C=O) groups is 2. The van der Waals surface area contributed by atoms with E-state index in [-0.39, 0.29) is 47.7 Å². The summed E-state index contributed by atoms with van der Waals surface area (Å²) in [4.78, 5) is 26.9. The van der Waals surface area contributed by atoms with Gasteiger partial charge in [0.25, 0.3) is 0 Å². The lowest BCUT2D eigenvalue weighted by molar-refractivity contribution is -0.137. The van der Waals surface area contributed by atoms with Crippen LogP contribution >= 0.6 is 0 Å². The van der Waals surface area contributed by atoms with E-state index in [4.69, 9.17) is 4.74 Å². The summed E-state index contributed by atoms with van der Waals surface area (Å²) in [5.41, 5.74) is -1.63. The number of sulfonamides is 1. The molecule has 1 aromatic rings. The number of amides is 2. The third kappa shape index (κ3) is 6.57. The summed E-state index contributed by atoms with van der Waals surface area (Å²) < 4.78 is 71.6. The van der Waals surface area contributed by atoms with Crippen LogP contribution in [0.3, 0.4) is 0 Å². The molecule has 1 saturated carbocycles. The van der Waals surface area contributed by atoms with Crippen molar-refractivity contribution in [2.24, 2.45) is 17.8 Å². The predicted octanol–water partition coefficient (Wildman–Crippen LogP) is 4.11. The zero-order valence-electron chi connectivity index (χ0n) is 22.0. The maximum atomic E-state index is 13.3. The number of nitrogens with zero attached hydrogens (tertiary/aromatic N) is 2. The fourth-order valence-corrected chi connectivity index (χ4v) is 6.74. The summed E-state index contributed by atoms with van der Waals surface area (Å²) >= 11 is 0. The van der Waals surface area contributed by atoms with E-state index in [9.17, 15) is 31.2 Å². The van der Waals surface area contributed by atoms with Gasteiger partial charge in [0.05, 0.1) is 10.5 Å². The van der Waals surface area contributed by atoms with E-state index in [0.717, 1.165) is 24.3 Å². The second-order valence-electron chi connectivity index (χ2n) is 11.2. The molecule has 0 spiro atoms. The van der Waals surface area contributed by atoms with E-state index < -0.39 is 39.5 Å². The molecule has 0 aromatic heterocycles. The van der Waals surface area contributed by atoms with Gasteiger partial charge in [0.1, 0.15) is 11.6 Å². The van der Waals surface area contributed by atoms with Gasteiger partial charge in [-0.3, -0.25) is 9.69 Å². The van der Waals surface area contributed by atoms with Crippen LogP contribution in [-0.4, -0.2) is 67.4 Å². The second-order valence-corrected chi connectivity index (χ2v) is 13.2. The van der Waals surface area contributed by atoms with Crippen LogP contribution in [0.5, 0.6) is 0 Å². The maximum absolute atomic E-state index is 13.3. The molecular weight excluding hydrogens is 511 g/mol. The van der Waals surface area contributed by atoms with Gasteiger partial charge >= 0.3 is 12.3 Å². The maximum Gasteiger partial charge on any atom is 0.416 e. The number of nitrogens with one attached hydrogen (secondary N) is 1. The van der Waals surface area contributed by atoms with Gasteiger partial charge in [-0.05, 0) is 75.6 Å². The Kier molecular flexibility index (Phi) is 8.24. The Morgan fingerprint density at radius 3 is 2.19 bits per heavy atom. The van der Waals surface area contributed by atoms with Gasteiger partial charge in [-0.2, -0.15) is 17.5 Å². The number of rotatable bonds is 6. The zero-order valence-corrected chi connectivity index (χ0v) is 22.8. The number of halogens is 3. The first-order valence-corrected chi connectivity index (χ1v) is 13.8. The van der Waals surface area contributed by atoms with Crippen molar-refractivity contribution in [3.05, 3.63) is 29.8 Å². The van der Waals surface area contributed by atoms with E-state index in [1.165, 1.54) is 16.3 Å². The van der Waals surface area contributed by atoms with E-state index in [2.05, 4.69) is 5.32 Å². The second kappa shape index (κ2) is 10.4. The number of likely N-dealkylation sites (N-methyl/N-ethyl adjacent to an activating group) is 1. The van der Waals surface area contributed by atoms with Crippen molar-refractivity contribution in [2.45, 2.75) is 76.2 Å². The first-order valence-electron chi connectivity index (χ1n) is 12.4. The van der Waals surface area contributed by atoms with Crippen LogP contribution < -0.4 is 5.32 Å². The molecule has 2 amide bonds. The number of ether oxygens (including phenoxy) is 1. The van der Waals surface area contributed by atoms with Crippen LogP contribution in [0.4, 0.5) is 18.0 Å². The molecule has 12 heteroatoms. The number of hydrogen-bond donors (Lipinski definition) is 1. The SMILES string of the molecule is CC(C)C(C(=O)N[C@H]1CC[C@@H]2CN(S(=O)(=O)c3ccc(C(F)(F)F)cc3)C[C@@H]21)N(C)C(=O)OC(C)(C)C. The molecule has 1 heterocycles. The first kappa shape index (κ1) is 29.2. The predicted molar refractivity (Wildman–Crippen MR) is 131 cm³/mol. The highest BCUT2D eigenvalue weighted by Crippen LogP contribution is 2.40. The van der Waals surface area contributed by atoms with Gasteiger partial charge < -0.3 is 10.1 Å². The Bertz CT molecular complexity index is 1100. The van der Waals surface area contributed by atoms with Crippen molar-refractivity contribution in [2.75, 3.05) is 20.1 Å². The smallest absolute Gasteiger partial charge is 0.416 e. The van der Waals surface area contributed by atoms with Crippen LogP contribution in [-0.2, 0) is 25.7 Å². The average molecular weight is 548 g/mol. The molecule has 1 aromatic carbocycles. The van der Waals surface area contributed by atoms with Gasteiger partial charge in [-0.1, -0.05) is 13.8 Å². The molecule has 8 nitrogen and oxygen atoms in total. The summed E-state index contributed by atoms with van der Waals surface area (Å²) in [5, 5.41) is 3.03. The van der Waals surface area contributed by atoms with E-state index in [0.29, 0.717) is 12.8 Å². The minimum Gasteiger partial charge on any atom is -0.444 e. The third-order valence-electron chi connectivity index (χ3n) is 6.97. The molecule has 1 saturated heterocycles. The standard InChI is InChI=1S/C25H36F3N3O5S/c1-15(2)21(30(6)23(33)36-24(3,4)5)22(32)29-20-12-7-16-13-31(14-19(16)20)37(34,35)18-10-8-17(9-11-18)25(26,27)28/h8-11,15-16,19-21H,7,12-14H2,1-6H3,(H,29,32)/t16-,19+,20+,21?/m1/s1. The lowest BCUT2D eigenvalue weighted by Gasteiger charge is -2.33. The Labute approximate surface area is 216 Å². The number of alkyl halides is 3. The van der Waals surface area contributed by atoms with Gasteiger partial charge in [0.15, 0.2) is 0 Å². The fraction of sp³-hybridized carbons (Fsp3) is 0.680. The Hall–Kier alpha value is -2.34. The Balaban J connectivity index is 1.69. The van der Waals surface area contributed by atoms with E-state index >= 15 is 0 Å². The number of benzene rings is 1. The number of carbonyl (C=O) groups excluding carboxylic acids is 2. The molecule has 1 aliphatic carbocycles. The minimum absolute atomic E-state index is 0.0237. The quantitative estimate of drug-likeness (QED) is 0.578. The lowest BCUT2D eigenvalue weighted by atomic mass is 9.96. The van der Waals surface area contributed by atoms with Crippen LogP contribution in [0.25, 0.3) is 0 Å². The summed E-state index contributed by atoms with van der Waals surface area (Å²) in [7, 11) is -2.47. The fourth-order valence-electron chi connectivity index (χ4n) is 5.21.